The highest BCUT2D eigenvalue weighted by Gasteiger charge is 2.35. The first-order valence-corrected chi connectivity index (χ1v) is 10.3. The molecule has 1 heterocycles. The van der Waals surface area contributed by atoms with Crippen LogP contribution in [0.1, 0.15) is 40.0 Å². The number of rotatable bonds is 4. The van der Waals surface area contributed by atoms with E-state index in [4.69, 9.17) is 0 Å². The Morgan fingerprint density at radius 2 is 1.88 bits per heavy atom. The van der Waals surface area contributed by atoms with Gasteiger partial charge in [-0.25, -0.2) is 13.1 Å². The molecule has 1 aromatic heterocycles. The van der Waals surface area contributed by atoms with Crippen LogP contribution in [0.15, 0.2) is 41.4 Å². The van der Waals surface area contributed by atoms with Gasteiger partial charge in [-0.2, -0.15) is 5.10 Å². The summed E-state index contributed by atoms with van der Waals surface area (Å²) >= 11 is 0. The lowest BCUT2D eigenvalue weighted by molar-refractivity contribution is 0.163. The summed E-state index contributed by atoms with van der Waals surface area (Å²) in [5, 5.41) is 4.38. The van der Waals surface area contributed by atoms with E-state index in [9.17, 15) is 8.42 Å². The fourth-order valence-electron chi connectivity index (χ4n) is 4.18. The van der Waals surface area contributed by atoms with Gasteiger partial charge in [0.15, 0.2) is 0 Å². The highest BCUT2D eigenvalue weighted by Crippen LogP contribution is 2.39. The van der Waals surface area contributed by atoms with Crippen LogP contribution in [0.25, 0.3) is 11.3 Å². The van der Waals surface area contributed by atoms with Crippen LogP contribution >= 0.6 is 0 Å². The number of nitrogens with zero attached hydrogens (tertiary/aromatic N) is 2. The van der Waals surface area contributed by atoms with Crippen molar-refractivity contribution in [1.82, 2.24) is 14.5 Å². The molecule has 2 aromatic rings. The molecule has 2 unspecified atom stereocenters. The molecule has 25 heavy (non-hydrogen) atoms. The third kappa shape index (κ3) is 4.12. The lowest BCUT2D eigenvalue weighted by Crippen LogP contribution is -2.42. The van der Waals surface area contributed by atoms with E-state index in [0.29, 0.717) is 11.6 Å². The number of aromatic nitrogens is 2. The summed E-state index contributed by atoms with van der Waals surface area (Å²) in [5.74, 6) is 0.513. The zero-order valence-electron chi connectivity index (χ0n) is 15.4. The second-order valence-corrected chi connectivity index (χ2v) is 9.80. The molecule has 1 N–H and O–H groups in total. The van der Waals surface area contributed by atoms with E-state index in [1.165, 1.54) is 0 Å². The van der Waals surface area contributed by atoms with Gasteiger partial charge in [0.1, 0.15) is 10.6 Å². The second kappa shape index (κ2) is 6.57. The maximum Gasteiger partial charge on any atom is 0.244 e. The van der Waals surface area contributed by atoms with Gasteiger partial charge in [0.2, 0.25) is 10.0 Å². The molecule has 0 bridgehead atoms. The molecule has 2 atom stereocenters. The Bertz CT molecular complexity index is 841. The first kappa shape index (κ1) is 18.1. The third-order valence-corrected chi connectivity index (χ3v) is 6.36. The van der Waals surface area contributed by atoms with Gasteiger partial charge in [-0.05, 0) is 30.6 Å². The third-order valence-electron chi connectivity index (χ3n) is 4.84. The Hall–Kier alpha value is -1.66. The van der Waals surface area contributed by atoms with E-state index in [0.717, 1.165) is 24.8 Å². The van der Waals surface area contributed by atoms with Crippen molar-refractivity contribution >= 4 is 10.0 Å². The van der Waals surface area contributed by atoms with Crippen molar-refractivity contribution in [3.8, 4) is 11.3 Å². The minimum atomic E-state index is -3.62. The molecule has 3 rings (SSSR count). The number of aryl methyl sites for hydroxylation is 1. The van der Waals surface area contributed by atoms with Crippen LogP contribution in [0.3, 0.4) is 0 Å². The largest absolute Gasteiger partial charge is 0.274 e. The maximum absolute atomic E-state index is 13.1. The van der Waals surface area contributed by atoms with Crippen LogP contribution < -0.4 is 4.72 Å². The molecule has 6 heteroatoms. The molecule has 1 aliphatic rings. The molecule has 0 aliphatic heterocycles. The monoisotopic (exact) mass is 361 g/mol. The number of benzene rings is 1. The normalized spacial score (nSPS) is 23.5. The van der Waals surface area contributed by atoms with Crippen LogP contribution in [0.2, 0.25) is 0 Å². The van der Waals surface area contributed by atoms with Gasteiger partial charge in [-0.3, -0.25) is 4.68 Å². The average molecular weight is 362 g/mol. The number of hydrogen-bond donors (Lipinski definition) is 1. The van der Waals surface area contributed by atoms with Crippen molar-refractivity contribution in [3.63, 3.8) is 0 Å². The molecular formula is C19H27N3O2S. The van der Waals surface area contributed by atoms with Crippen molar-refractivity contribution in [3.05, 3.63) is 36.5 Å². The minimum absolute atomic E-state index is 0.0346. The summed E-state index contributed by atoms with van der Waals surface area (Å²) in [7, 11) is -1.88. The highest BCUT2D eigenvalue weighted by atomic mass is 32.2. The fraction of sp³-hybridized carbons (Fsp3) is 0.526. The summed E-state index contributed by atoms with van der Waals surface area (Å²) in [6, 6.07) is 9.41. The Morgan fingerprint density at radius 3 is 2.52 bits per heavy atom. The molecular weight excluding hydrogens is 334 g/mol. The van der Waals surface area contributed by atoms with Gasteiger partial charge < -0.3 is 0 Å². The second-order valence-electron chi connectivity index (χ2n) is 8.11. The summed E-state index contributed by atoms with van der Waals surface area (Å²) in [6.07, 6.45) is 4.45. The van der Waals surface area contributed by atoms with E-state index in [1.807, 2.05) is 30.3 Å². The summed E-state index contributed by atoms with van der Waals surface area (Å²) < 4.78 is 30.6. The zero-order valence-corrected chi connectivity index (χ0v) is 16.2. The Labute approximate surface area is 150 Å². The van der Waals surface area contributed by atoms with Crippen LogP contribution in [-0.2, 0) is 17.1 Å². The predicted molar refractivity (Wildman–Crippen MR) is 99.5 cm³/mol. The molecule has 136 valence electrons. The first-order valence-electron chi connectivity index (χ1n) is 8.78. The lowest BCUT2D eigenvalue weighted by Gasteiger charge is -2.39. The Morgan fingerprint density at radius 1 is 1.20 bits per heavy atom. The number of sulfonamides is 1. The maximum atomic E-state index is 13.1. The lowest BCUT2D eigenvalue weighted by atomic mass is 9.71. The van der Waals surface area contributed by atoms with Gasteiger partial charge in [0, 0.05) is 24.8 Å². The van der Waals surface area contributed by atoms with Crippen LogP contribution in [0, 0.1) is 11.3 Å². The summed E-state index contributed by atoms with van der Waals surface area (Å²) in [4.78, 5) is 0.247. The molecule has 0 amide bonds. The van der Waals surface area contributed by atoms with Crippen molar-refractivity contribution in [2.24, 2.45) is 18.4 Å². The van der Waals surface area contributed by atoms with Gasteiger partial charge in [-0.15, -0.1) is 0 Å². The van der Waals surface area contributed by atoms with Crippen molar-refractivity contribution < 1.29 is 8.42 Å². The predicted octanol–water partition coefficient (Wildman–Crippen LogP) is 3.58. The Balaban J connectivity index is 1.91. The van der Waals surface area contributed by atoms with E-state index in [1.54, 1.807) is 17.9 Å². The van der Waals surface area contributed by atoms with Gasteiger partial charge >= 0.3 is 0 Å². The first-order chi connectivity index (χ1) is 11.7. The van der Waals surface area contributed by atoms with E-state index >= 15 is 0 Å². The van der Waals surface area contributed by atoms with Crippen LogP contribution in [0.4, 0.5) is 0 Å². The molecule has 1 aromatic carbocycles. The average Bonchev–Trinajstić information content (AvgIpc) is 2.88. The molecule has 0 radical (unpaired) electrons. The molecule has 0 spiro atoms. The minimum Gasteiger partial charge on any atom is -0.274 e. The zero-order chi connectivity index (χ0) is 18.2. The SMILES string of the molecule is CC1CC(NS(=O)(=O)c2cn(C)nc2-c2ccccc2)CC(C)(C)C1. The fourth-order valence-corrected chi connectivity index (χ4v) is 5.63. The molecule has 1 saturated carbocycles. The molecule has 5 nitrogen and oxygen atoms in total. The molecule has 0 saturated heterocycles. The summed E-state index contributed by atoms with van der Waals surface area (Å²) in [5.41, 5.74) is 1.46. The Kier molecular flexibility index (Phi) is 4.77. The molecule has 1 aliphatic carbocycles. The molecule has 1 fully saturated rings. The topological polar surface area (TPSA) is 64.0 Å². The van der Waals surface area contributed by atoms with E-state index in [-0.39, 0.29) is 16.4 Å². The number of nitrogens with one attached hydrogen (secondary N) is 1. The number of hydrogen-bond acceptors (Lipinski definition) is 3. The highest BCUT2D eigenvalue weighted by molar-refractivity contribution is 7.89. The van der Waals surface area contributed by atoms with Crippen LogP contribution in [0.5, 0.6) is 0 Å². The van der Waals surface area contributed by atoms with E-state index < -0.39 is 10.0 Å². The van der Waals surface area contributed by atoms with Gasteiger partial charge in [-0.1, -0.05) is 51.1 Å². The summed E-state index contributed by atoms with van der Waals surface area (Å²) in [6.45, 7) is 6.62. The standard InChI is InChI=1S/C19H27N3O2S/c1-14-10-16(12-19(2,3)11-14)21-25(23,24)17-13-22(4)20-18(17)15-8-6-5-7-9-15/h5-9,13-14,16,21H,10-12H2,1-4H3. The smallest absolute Gasteiger partial charge is 0.244 e. The quantitative estimate of drug-likeness (QED) is 0.905. The van der Waals surface area contributed by atoms with Gasteiger partial charge in [0.05, 0.1) is 0 Å². The van der Waals surface area contributed by atoms with Gasteiger partial charge in [0.25, 0.3) is 0 Å². The van der Waals surface area contributed by atoms with Crippen molar-refractivity contribution in [1.29, 1.82) is 0 Å². The van der Waals surface area contributed by atoms with E-state index in [2.05, 4.69) is 30.6 Å². The van der Waals surface area contributed by atoms with Crippen molar-refractivity contribution in [2.45, 2.75) is 51.0 Å². The van der Waals surface area contributed by atoms with Crippen LogP contribution in [-0.4, -0.2) is 24.2 Å². The van der Waals surface area contributed by atoms with Crippen molar-refractivity contribution in [2.75, 3.05) is 0 Å².